The van der Waals surface area contributed by atoms with Crippen molar-refractivity contribution >= 4 is 21.6 Å². The predicted octanol–water partition coefficient (Wildman–Crippen LogP) is 3.41. The van der Waals surface area contributed by atoms with Crippen molar-refractivity contribution in [3.63, 3.8) is 0 Å². The summed E-state index contributed by atoms with van der Waals surface area (Å²) in [7, 11) is -3.68. The normalized spacial score (nSPS) is 11.4. The van der Waals surface area contributed by atoms with Gasteiger partial charge < -0.3 is 0 Å². The van der Waals surface area contributed by atoms with Crippen molar-refractivity contribution in [2.24, 2.45) is 0 Å². The highest BCUT2D eigenvalue weighted by Crippen LogP contribution is 2.18. The van der Waals surface area contributed by atoms with Crippen molar-refractivity contribution in [3.05, 3.63) is 77.5 Å². The number of hydrogen-bond donors (Lipinski definition) is 1. The van der Waals surface area contributed by atoms with Crippen molar-refractivity contribution in [2.75, 3.05) is 0 Å². The number of halogens is 2. The topological polar surface area (TPSA) is 72.0 Å². The van der Waals surface area contributed by atoms with Crippen LogP contribution in [0.15, 0.2) is 65.8 Å². The Morgan fingerprint density at radius 2 is 1.68 bits per heavy atom. The van der Waals surface area contributed by atoms with E-state index in [1.165, 1.54) is 42.7 Å². The van der Waals surface area contributed by atoms with Gasteiger partial charge in [-0.15, -0.1) is 0 Å². The van der Waals surface area contributed by atoms with Gasteiger partial charge in [0.25, 0.3) is 0 Å². The number of benzene rings is 2. The Balaban J connectivity index is 1.76. The molecule has 1 aromatic heterocycles. The number of aromatic nitrogens is 2. The van der Waals surface area contributed by atoms with Crippen LogP contribution in [0.1, 0.15) is 5.69 Å². The molecule has 0 unspecified atom stereocenters. The molecule has 5 nitrogen and oxygen atoms in total. The number of rotatable bonds is 5. The molecule has 0 aliphatic heterocycles. The summed E-state index contributed by atoms with van der Waals surface area (Å²) in [6, 6.07) is 13.4. The van der Waals surface area contributed by atoms with Crippen molar-refractivity contribution in [1.29, 1.82) is 0 Å². The van der Waals surface area contributed by atoms with E-state index in [1.807, 2.05) is 0 Å². The molecule has 1 N–H and O–H groups in total. The van der Waals surface area contributed by atoms with Crippen LogP contribution in [0.4, 0.5) is 4.39 Å². The van der Waals surface area contributed by atoms with Gasteiger partial charge in [0.05, 0.1) is 22.8 Å². The fourth-order valence-electron chi connectivity index (χ4n) is 2.14. The van der Waals surface area contributed by atoms with E-state index in [2.05, 4.69) is 14.7 Å². The van der Waals surface area contributed by atoms with Gasteiger partial charge in [-0.25, -0.2) is 27.5 Å². The van der Waals surface area contributed by atoms with Gasteiger partial charge in [0.15, 0.2) is 0 Å². The lowest BCUT2D eigenvalue weighted by molar-refractivity contribution is 0.580. The van der Waals surface area contributed by atoms with E-state index < -0.39 is 10.0 Å². The average molecular weight is 378 g/mol. The molecule has 0 aliphatic rings. The fraction of sp³-hybridized carbons (Fsp3) is 0.0588. The van der Waals surface area contributed by atoms with Gasteiger partial charge in [-0.3, -0.25) is 0 Å². The summed E-state index contributed by atoms with van der Waals surface area (Å²) >= 11 is 5.76. The Bertz CT molecular complexity index is 978. The minimum absolute atomic E-state index is 0.00166. The van der Waals surface area contributed by atoms with Crippen LogP contribution in [-0.4, -0.2) is 18.4 Å². The molecule has 0 saturated carbocycles. The van der Waals surface area contributed by atoms with Crippen LogP contribution in [0, 0.1) is 5.82 Å². The van der Waals surface area contributed by atoms with Gasteiger partial charge in [-0.2, -0.15) is 0 Å². The van der Waals surface area contributed by atoms with Gasteiger partial charge in [0.2, 0.25) is 10.0 Å². The molecule has 1 heterocycles. The molecule has 0 spiro atoms. The summed E-state index contributed by atoms with van der Waals surface area (Å²) in [6.07, 6.45) is 1.34. The van der Waals surface area contributed by atoms with Crippen LogP contribution in [0.25, 0.3) is 11.3 Å². The molecule has 0 amide bonds. The molecule has 8 heteroatoms. The number of sulfonamides is 1. The first-order chi connectivity index (χ1) is 11.9. The van der Waals surface area contributed by atoms with Crippen LogP contribution < -0.4 is 4.72 Å². The lowest BCUT2D eigenvalue weighted by atomic mass is 10.1. The molecule has 0 radical (unpaired) electrons. The third-order valence-electron chi connectivity index (χ3n) is 3.43. The summed E-state index contributed by atoms with van der Waals surface area (Å²) in [5, 5.41) is 0.457. The summed E-state index contributed by atoms with van der Waals surface area (Å²) in [6.45, 7) is 0.00166. The highest BCUT2D eigenvalue weighted by Gasteiger charge is 2.14. The Labute approximate surface area is 149 Å². The van der Waals surface area contributed by atoms with Crippen LogP contribution in [-0.2, 0) is 16.6 Å². The Morgan fingerprint density at radius 3 is 2.36 bits per heavy atom. The molecule has 0 fully saturated rings. The van der Waals surface area contributed by atoms with Crippen molar-refractivity contribution in [3.8, 4) is 11.3 Å². The lowest BCUT2D eigenvalue weighted by Crippen LogP contribution is -2.23. The second kappa shape index (κ2) is 7.26. The molecule has 128 valence electrons. The number of hydrogen-bond acceptors (Lipinski definition) is 4. The highest BCUT2D eigenvalue weighted by atomic mass is 35.5. The monoisotopic (exact) mass is 377 g/mol. The van der Waals surface area contributed by atoms with Crippen LogP contribution in [0.5, 0.6) is 0 Å². The van der Waals surface area contributed by atoms with E-state index in [-0.39, 0.29) is 17.3 Å². The third-order valence-corrected chi connectivity index (χ3v) is 5.10. The van der Waals surface area contributed by atoms with E-state index in [9.17, 15) is 12.8 Å². The van der Waals surface area contributed by atoms with E-state index >= 15 is 0 Å². The molecule has 3 aromatic rings. The minimum atomic E-state index is -3.68. The molecule has 0 atom stereocenters. The van der Waals surface area contributed by atoms with Crippen molar-refractivity contribution in [2.45, 2.75) is 11.4 Å². The quantitative estimate of drug-likeness (QED) is 0.739. The zero-order valence-corrected chi connectivity index (χ0v) is 14.4. The van der Waals surface area contributed by atoms with Gasteiger partial charge in [0.1, 0.15) is 12.1 Å². The second-order valence-electron chi connectivity index (χ2n) is 5.18. The van der Waals surface area contributed by atoms with Crippen LogP contribution >= 0.6 is 11.6 Å². The first kappa shape index (κ1) is 17.5. The molecule has 25 heavy (non-hydrogen) atoms. The van der Waals surface area contributed by atoms with Crippen molar-refractivity contribution in [1.82, 2.24) is 14.7 Å². The van der Waals surface area contributed by atoms with Gasteiger partial charge in [0, 0.05) is 10.6 Å². The van der Waals surface area contributed by atoms with E-state index in [1.54, 1.807) is 18.2 Å². The first-order valence-corrected chi connectivity index (χ1v) is 9.12. The highest BCUT2D eigenvalue weighted by molar-refractivity contribution is 7.89. The SMILES string of the molecule is O=S(=O)(NCc1cc(-c2ccc(F)cc2)ncn1)c1ccc(Cl)cc1. The van der Waals surface area contributed by atoms with Gasteiger partial charge >= 0.3 is 0 Å². The zero-order chi connectivity index (χ0) is 17.9. The van der Waals surface area contributed by atoms with Crippen LogP contribution in [0.3, 0.4) is 0 Å². The molecular weight excluding hydrogens is 365 g/mol. The maximum absolute atomic E-state index is 13.0. The Hall–Kier alpha value is -2.35. The molecule has 0 saturated heterocycles. The Morgan fingerprint density at radius 1 is 1.00 bits per heavy atom. The second-order valence-corrected chi connectivity index (χ2v) is 7.38. The maximum Gasteiger partial charge on any atom is 0.240 e. The summed E-state index contributed by atoms with van der Waals surface area (Å²) in [4.78, 5) is 8.30. The fourth-order valence-corrected chi connectivity index (χ4v) is 3.26. The minimum Gasteiger partial charge on any atom is -0.240 e. The number of nitrogens with one attached hydrogen (secondary N) is 1. The smallest absolute Gasteiger partial charge is 0.240 e. The number of nitrogens with zero attached hydrogens (tertiary/aromatic N) is 2. The van der Waals surface area contributed by atoms with Gasteiger partial charge in [-0.1, -0.05) is 11.6 Å². The molecule has 0 aliphatic carbocycles. The van der Waals surface area contributed by atoms with Crippen LogP contribution in [0.2, 0.25) is 5.02 Å². The summed E-state index contributed by atoms with van der Waals surface area (Å²) < 4.78 is 40.0. The van der Waals surface area contributed by atoms with E-state index in [0.717, 1.165) is 0 Å². The molecule has 2 aromatic carbocycles. The first-order valence-electron chi connectivity index (χ1n) is 7.26. The maximum atomic E-state index is 13.0. The standard InChI is InChI=1S/C17H13ClFN3O2S/c18-13-3-7-16(8-4-13)25(23,24)22-10-15-9-17(21-11-20-15)12-1-5-14(19)6-2-12/h1-9,11,22H,10H2. The molecular formula is C17H13ClFN3O2S. The lowest BCUT2D eigenvalue weighted by Gasteiger charge is -2.07. The summed E-state index contributed by atoms with van der Waals surface area (Å²) in [5.74, 6) is -0.339. The zero-order valence-electron chi connectivity index (χ0n) is 12.9. The average Bonchev–Trinajstić information content (AvgIpc) is 2.61. The van der Waals surface area contributed by atoms with Gasteiger partial charge in [-0.05, 0) is 54.6 Å². The van der Waals surface area contributed by atoms with E-state index in [4.69, 9.17) is 11.6 Å². The largest absolute Gasteiger partial charge is 0.240 e. The summed E-state index contributed by atoms with van der Waals surface area (Å²) in [5.41, 5.74) is 1.79. The van der Waals surface area contributed by atoms with E-state index in [0.29, 0.717) is 22.0 Å². The molecule has 3 rings (SSSR count). The molecule has 0 bridgehead atoms. The van der Waals surface area contributed by atoms with Crippen molar-refractivity contribution < 1.29 is 12.8 Å². The Kier molecular flexibility index (Phi) is 5.08. The predicted molar refractivity (Wildman–Crippen MR) is 92.9 cm³/mol. The third kappa shape index (κ3) is 4.39.